The van der Waals surface area contributed by atoms with E-state index in [0.29, 0.717) is 0 Å². The highest BCUT2D eigenvalue weighted by Gasteiger charge is 2.09. The number of hydrogen-bond acceptors (Lipinski definition) is 3. The van der Waals surface area contributed by atoms with Gasteiger partial charge >= 0.3 is 0 Å². The Labute approximate surface area is 132 Å². The topological polar surface area (TPSA) is 42.7 Å². The van der Waals surface area contributed by atoms with Crippen molar-refractivity contribution in [2.75, 3.05) is 5.32 Å². The number of hydrogen-bond donors (Lipinski definition) is 1. The summed E-state index contributed by atoms with van der Waals surface area (Å²) in [7, 11) is 1.93. The molecule has 21 heavy (non-hydrogen) atoms. The van der Waals surface area contributed by atoms with Gasteiger partial charge in [0.15, 0.2) is 0 Å². The van der Waals surface area contributed by atoms with Crippen LogP contribution >= 0.6 is 15.9 Å². The van der Waals surface area contributed by atoms with Crippen LogP contribution in [-0.4, -0.2) is 14.8 Å². The predicted octanol–water partition coefficient (Wildman–Crippen LogP) is 3.86. The lowest BCUT2D eigenvalue weighted by Crippen LogP contribution is -1.99. The number of anilines is 1. The van der Waals surface area contributed by atoms with Crippen LogP contribution in [0.3, 0.4) is 0 Å². The monoisotopic (exact) mass is 342 g/mol. The van der Waals surface area contributed by atoms with Gasteiger partial charge in [-0.05, 0) is 29.8 Å². The van der Waals surface area contributed by atoms with Gasteiger partial charge in [-0.25, -0.2) is 0 Å². The van der Waals surface area contributed by atoms with Crippen molar-refractivity contribution in [3.05, 3.63) is 65.0 Å². The zero-order chi connectivity index (χ0) is 14.7. The molecule has 0 saturated heterocycles. The summed E-state index contributed by atoms with van der Waals surface area (Å²) in [5, 5.41) is 7.98. The molecule has 0 radical (unpaired) electrons. The molecule has 0 spiro atoms. The van der Waals surface area contributed by atoms with E-state index in [0.717, 1.165) is 28.0 Å². The first-order chi connectivity index (χ1) is 10.2. The van der Waals surface area contributed by atoms with Gasteiger partial charge in [0, 0.05) is 42.2 Å². The average molecular weight is 343 g/mol. The fourth-order valence-electron chi connectivity index (χ4n) is 2.19. The Balaban J connectivity index is 1.83. The summed E-state index contributed by atoms with van der Waals surface area (Å²) in [6, 6.07) is 12.2. The number of benzene rings is 1. The molecule has 0 unspecified atom stereocenters. The van der Waals surface area contributed by atoms with Gasteiger partial charge in [0.2, 0.25) is 0 Å². The highest BCUT2D eigenvalue weighted by molar-refractivity contribution is 9.10. The predicted molar refractivity (Wildman–Crippen MR) is 87.9 cm³/mol. The number of nitrogens with one attached hydrogen (secondary N) is 1. The van der Waals surface area contributed by atoms with Crippen molar-refractivity contribution in [1.82, 2.24) is 14.8 Å². The van der Waals surface area contributed by atoms with Gasteiger partial charge in [-0.2, -0.15) is 5.10 Å². The number of aromatic nitrogens is 3. The molecule has 106 valence electrons. The molecule has 3 aromatic rings. The summed E-state index contributed by atoms with van der Waals surface area (Å²) >= 11 is 3.49. The summed E-state index contributed by atoms with van der Waals surface area (Å²) in [5.74, 6) is 0. The zero-order valence-corrected chi connectivity index (χ0v) is 13.2. The molecule has 0 aliphatic heterocycles. The molecule has 1 N–H and O–H groups in total. The second kappa shape index (κ2) is 6.10. The van der Waals surface area contributed by atoms with Gasteiger partial charge in [-0.15, -0.1) is 0 Å². The molecule has 3 rings (SSSR count). The molecule has 1 aromatic carbocycles. The van der Waals surface area contributed by atoms with Crippen molar-refractivity contribution >= 4 is 21.6 Å². The third kappa shape index (κ3) is 3.31. The van der Waals surface area contributed by atoms with E-state index in [4.69, 9.17) is 0 Å². The molecule has 2 heterocycles. The van der Waals surface area contributed by atoms with Crippen molar-refractivity contribution in [1.29, 1.82) is 0 Å². The van der Waals surface area contributed by atoms with Crippen molar-refractivity contribution in [2.45, 2.75) is 6.54 Å². The Kier molecular flexibility index (Phi) is 4.01. The fraction of sp³-hybridized carbons (Fsp3) is 0.125. The van der Waals surface area contributed by atoms with Gasteiger partial charge < -0.3 is 5.32 Å². The van der Waals surface area contributed by atoms with E-state index in [-0.39, 0.29) is 0 Å². The molecule has 0 aliphatic carbocycles. The smallest absolute Gasteiger partial charge is 0.116 e. The lowest BCUT2D eigenvalue weighted by atomic mass is 10.1. The lowest BCUT2D eigenvalue weighted by molar-refractivity contribution is 0.771. The van der Waals surface area contributed by atoms with Gasteiger partial charge in [0.25, 0.3) is 0 Å². The first-order valence-corrected chi connectivity index (χ1v) is 7.44. The van der Waals surface area contributed by atoms with Crippen LogP contribution in [0.25, 0.3) is 11.3 Å². The Morgan fingerprint density at radius 1 is 1.19 bits per heavy atom. The zero-order valence-electron chi connectivity index (χ0n) is 11.6. The average Bonchev–Trinajstić information content (AvgIpc) is 2.87. The van der Waals surface area contributed by atoms with E-state index in [2.05, 4.69) is 43.5 Å². The van der Waals surface area contributed by atoms with Gasteiger partial charge in [-0.3, -0.25) is 9.67 Å². The lowest BCUT2D eigenvalue weighted by Gasteiger charge is -2.07. The van der Waals surface area contributed by atoms with Gasteiger partial charge in [-0.1, -0.05) is 28.1 Å². The number of halogens is 1. The summed E-state index contributed by atoms with van der Waals surface area (Å²) in [6.45, 7) is 0.753. The minimum atomic E-state index is 0.753. The number of rotatable bonds is 4. The standard InChI is InChI=1S/C16H15BrN4/c1-21-11-15(16(20-21)13-5-7-18-8-6-13)19-10-12-3-2-4-14(17)9-12/h2-9,11,19H,10H2,1H3. The highest BCUT2D eigenvalue weighted by Crippen LogP contribution is 2.26. The Hall–Kier alpha value is -2.14. The molecule has 0 bridgehead atoms. The van der Waals surface area contributed by atoms with E-state index in [1.54, 1.807) is 12.4 Å². The third-order valence-electron chi connectivity index (χ3n) is 3.15. The highest BCUT2D eigenvalue weighted by atomic mass is 79.9. The molecule has 0 saturated carbocycles. The third-order valence-corrected chi connectivity index (χ3v) is 3.65. The van der Waals surface area contributed by atoms with Crippen LogP contribution in [0.1, 0.15) is 5.56 Å². The van der Waals surface area contributed by atoms with Crippen LogP contribution in [0, 0.1) is 0 Å². The van der Waals surface area contributed by atoms with E-state index in [9.17, 15) is 0 Å². The van der Waals surface area contributed by atoms with Crippen molar-refractivity contribution in [2.24, 2.45) is 7.05 Å². The fourth-order valence-corrected chi connectivity index (χ4v) is 2.63. The van der Waals surface area contributed by atoms with Crippen LogP contribution in [-0.2, 0) is 13.6 Å². The van der Waals surface area contributed by atoms with Gasteiger partial charge in [0.1, 0.15) is 5.69 Å². The first kappa shape index (κ1) is 13.8. The summed E-state index contributed by atoms with van der Waals surface area (Å²) in [5.41, 5.74) is 4.23. The minimum Gasteiger partial charge on any atom is -0.378 e. The molecule has 0 fully saturated rings. The second-order valence-electron chi connectivity index (χ2n) is 4.78. The Morgan fingerprint density at radius 2 is 2.00 bits per heavy atom. The molecular weight excluding hydrogens is 328 g/mol. The van der Waals surface area contributed by atoms with E-state index < -0.39 is 0 Å². The van der Waals surface area contributed by atoms with E-state index in [1.807, 2.05) is 42.2 Å². The minimum absolute atomic E-state index is 0.753. The normalized spacial score (nSPS) is 10.6. The number of aryl methyl sites for hydroxylation is 1. The molecule has 2 aromatic heterocycles. The van der Waals surface area contributed by atoms with Crippen LogP contribution in [0.5, 0.6) is 0 Å². The summed E-state index contributed by atoms with van der Waals surface area (Å²) in [4.78, 5) is 4.05. The van der Waals surface area contributed by atoms with Crippen LogP contribution < -0.4 is 5.32 Å². The quantitative estimate of drug-likeness (QED) is 0.782. The van der Waals surface area contributed by atoms with Crippen molar-refractivity contribution < 1.29 is 0 Å². The molecular formula is C16H15BrN4. The van der Waals surface area contributed by atoms with Gasteiger partial charge in [0.05, 0.1) is 5.69 Å². The van der Waals surface area contributed by atoms with Crippen molar-refractivity contribution in [3.8, 4) is 11.3 Å². The number of nitrogens with zero attached hydrogens (tertiary/aromatic N) is 3. The van der Waals surface area contributed by atoms with Crippen LogP contribution in [0.4, 0.5) is 5.69 Å². The largest absolute Gasteiger partial charge is 0.378 e. The maximum atomic E-state index is 4.53. The second-order valence-corrected chi connectivity index (χ2v) is 5.70. The summed E-state index contributed by atoms with van der Waals surface area (Å²) < 4.78 is 2.90. The SMILES string of the molecule is Cn1cc(NCc2cccc(Br)c2)c(-c2ccncc2)n1. The Bertz CT molecular complexity index is 737. The molecule has 4 nitrogen and oxygen atoms in total. The van der Waals surface area contributed by atoms with E-state index >= 15 is 0 Å². The molecule has 0 atom stereocenters. The first-order valence-electron chi connectivity index (χ1n) is 6.65. The molecule has 0 aliphatic rings. The van der Waals surface area contributed by atoms with Crippen molar-refractivity contribution in [3.63, 3.8) is 0 Å². The maximum Gasteiger partial charge on any atom is 0.116 e. The summed E-state index contributed by atoms with van der Waals surface area (Å²) in [6.07, 6.45) is 5.55. The van der Waals surface area contributed by atoms with Crippen LogP contribution in [0.15, 0.2) is 59.5 Å². The van der Waals surface area contributed by atoms with Crippen LogP contribution in [0.2, 0.25) is 0 Å². The number of pyridine rings is 1. The Morgan fingerprint density at radius 3 is 2.76 bits per heavy atom. The maximum absolute atomic E-state index is 4.53. The molecule has 5 heteroatoms. The van der Waals surface area contributed by atoms with E-state index in [1.165, 1.54) is 5.56 Å². The molecule has 0 amide bonds.